The van der Waals surface area contributed by atoms with E-state index in [2.05, 4.69) is 79.4 Å². The first-order valence-corrected chi connectivity index (χ1v) is 10.7. The van der Waals surface area contributed by atoms with E-state index >= 15 is 0 Å². The Morgan fingerprint density at radius 2 is 1.09 bits per heavy atom. The number of hydrogen-bond donors (Lipinski definition) is 0. The Balaban J connectivity index is 1.91. The molecule has 2 nitrogen and oxygen atoms in total. The molecule has 0 amide bonds. The first kappa shape index (κ1) is 18.6. The minimum atomic E-state index is -0.413. The van der Waals surface area contributed by atoms with E-state index in [4.69, 9.17) is 4.74 Å². The van der Waals surface area contributed by atoms with Crippen LogP contribution in [0, 0.1) is 0 Å². The summed E-state index contributed by atoms with van der Waals surface area (Å²) in [6.45, 7) is 5.45. The van der Waals surface area contributed by atoms with Crippen molar-refractivity contribution in [2.75, 3.05) is 0 Å². The van der Waals surface area contributed by atoms with Gasteiger partial charge in [0.15, 0.2) is 0 Å². The van der Waals surface area contributed by atoms with Crippen molar-refractivity contribution in [3.05, 3.63) is 103 Å². The van der Waals surface area contributed by atoms with Crippen LogP contribution in [-0.4, -0.2) is 5.97 Å². The van der Waals surface area contributed by atoms with Crippen molar-refractivity contribution >= 4 is 59.8 Å². The van der Waals surface area contributed by atoms with E-state index in [-0.39, 0.29) is 0 Å². The standard InChI is InChI=1S/C30H20O2/c1-18(2)30(31)32-27-17-19-9-3-4-10-20(19)25-15-16-26-23-13-6-5-11-21(23)22-12-7-8-14-24(22)28(26)29(25)27/h3-17H,1H2,2H3. The smallest absolute Gasteiger partial charge is 0.338 e. The second-order valence-corrected chi connectivity index (χ2v) is 8.27. The van der Waals surface area contributed by atoms with Crippen LogP contribution < -0.4 is 4.74 Å². The van der Waals surface area contributed by atoms with Crippen LogP contribution in [-0.2, 0) is 4.79 Å². The summed E-state index contributed by atoms with van der Waals surface area (Å²) in [6, 6.07) is 31.5. The summed E-state index contributed by atoms with van der Waals surface area (Å²) >= 11 is 0. The summed E-state index contributed by atoms with van der Waals surface area (Å²) in [4.78, 5) is 12.6. The van der Waals surface area contributed by atoms with Crippen LogP contribution in [0.2, 0.25) is 0 Å². The van der Waals surface area contributed by atoms with Crippen LogP contribution in [0.1, 0.15) is 6.92 Å². The third kappa shape index (κ3) is 2.63. The van der Waals surface area contributed by atoms with Crippen LogP contribution in [0.3, 0.4) is 0 Å². The monoisotopic (exact) mass is 412 g/mol. The summed E-state index contributed by atoms with van der Waals surface area (Å²) in [5, 5.41) is 11.2. The van der Waals surface area contributed by atoms with Gasteiger partial charge < -0.3 is 4.74 Å². The molecule has 2 heteroatoms. The highest BCUT2D eigenvalue weighted by Crippen LogP contribution is 2.44. The zero-order valence-electron chi connectivity index (χ0n) is 17.7. The van der Waals surface area contributed by atoms with Gasteiger partial charge in [0.2, 0.25) is 0 Å². The summed E-state index contributed by atoms with van der Waals surface area (Å²) in [7, 11) is 0. The summed E-state index contributed by atoms with van der Waals surface area (Å²) < 4.78 is 5.93. The molecule has 0 heterocycles. The van der Waals surface area contributed by atoms with Crippen LogP contribution in [0.25, 0.3) is 53.9 Å². The fourth-order valence-corrected chi connectivity index (χ4v) is 4.83. The Morgan fingerprint density at radius 1 is 0.625 bits per heavy atom. The van der Waals surface area contributed by atoms with E-state index in [0.717, 1.165) is 37.7 Å². The topological polar surface area (TPSA) is 26.3 Å². The fourth-order valence-electron chi connectivity index (χ4n) is 4.83. The number of esters is 1. The van der Waals surface area contributed by atoms with Crippen molar-refractivity contribution in [1.82, 2.24) is 0 Å². The van der Waals surface area contributed by atoms with Gasteiger partial charge in [-0.1, -0.05) is 91.5 Å². The molecule has 0 atom stereocenters. The Labute approximate surface area is 185 Å². The van der Waals surface area contributed by atoms with Crippen LogP contribution in [0.5, 0.6) is 5.75 Å². The summed E-state index contributed by atoms with van der Waals surface area (Å²) in [6.07, 6.45) is 0. The molecule has 0 spiro atoms. The lowest BCUT2D eigenvalue weighted by Crippen LogP contribution is -2.08. The lowest BCUT2D eigenvalue weighted by molar-refractivity contribution is -0.129. The summed E-state index contributed by atoms with van der Waals surface area (Å²) in [5.41, 5.74) is 0.377. The Kier molecular flexibility index (Phi) is 4.02. The molecule has 0 aromatic heterocycles. The highest BCUT2D eigenvalue weighted by Gasteiger charge is 2.18. The van der Waals surface area contributed by atoms with Crippen molar-refractivity contribution in [3.8, 4) is 5.75 Å². The maximum Gasteiger partial charge on any atom is 0.338 e. The summed E-state index contributed by atoms with van der Waals surface area (Å²) in [5.74, 6) is 0.154. The third-order valence-corrected chi connectivity index (χ3v) is 6.24. The molecule has 0 aliphatic carbocycles. The van der Waals surface area contributed by atoms with E-state index < -0.39 is 5.97 Å². The largest absolute Gasteiger partial charge is 0.422 e. The van der Waals surface area contributed by atoms with E-state index in [1.54, 1.807) is 6.92 Å². The van der Waals surface area contributed by atoms with E-state index in [0.29, 0.717) is 11.3 Å². The van der Waals surface area contributed by atoms with E-state index in [1.807, 2.05) is 18.2 Å². The van der Waals surface area contributed by atoms with Crippen molar-refractivity contribution < 1.29 is 9.53 Å². The van der Waals surface area contributed by atoms with Gasteiger partial charge in [-0.25, -0.2) is 4.79 Å². The zero-order chi connectivity index (χ0) is 21.8. The van der Waals surface area contributed by atoms with Crippen LogP contribution in [0.15, 0.2) is 103 Å². The molecule has 0 saturated heterocycles. The van der Waals surface area contributed by atoms with Gasteiger partial charge in [0.05, 0.1) is 0 Å². The molecule has 6 aromatic rings. The highest BCUT2D eigenvalue weighted by molar-refractivity contribution is 6.34. The Morgan fingerprint density at radius 3 is 1.72 bits per heavy atom. The molecule has 0 saturated carbocycles. The molecule has 0 unspecified atom stereocenters. The van der Waals surface area contributed by atoms with Gasteiger partial charge in [0.25, 0.3) is 0 Å². The predicted molar refractivity (Wildman–Crippen MR) is 134 cm³/mol. The van der Waals surface area contributed by atoms with Crippen LogP contribution in [0.4, 0.5) is 0 Å². The van der Waals surface area contributed by atoms with Crippen molar-refractivity contribution in [3.63, 3.8) is 0 Å². The highest BCUT2D eigenvalue weighted by atomic mass is 16.5. The van der Waals surface area contributed by atoms with Gasteiger partial charge in [-0.05, 0) is 56.1 Å². The molecular formula is C30H20O2. The number of benzene rings is 6. The minimum absolute atomic E-state index is 0.377. The van der Waals surface area contributed by atoms with E-state index in [1.165, 1.54) is 16.2 Å². The molecule has 0 aliphatic heterocycles. The van der Waals surface area contributed by atoms with Crippen LogP contribution >= 0.6 is 0 Å². The lowest BCUT2D eigenvalue weighted by Gasteiger charge is -2.17. The molecule has 0 aliphatic rings. The molecule has 0 fully saturated rings. The molecule has 0 bridgehead atoms. The lowest BCUT2D eigenvalue weighted by atomic mass is 9.89. The molecule has 6 aromatic carbocycles. The van der Waals surface area contributed by atoms with Crippen molar-refractivity contribution in [2.24, 2.45) is 0 Å². The number of fused-ring (bicyclic) bond motifs is 10. The van der Waals surface area contributed by atoms with Gasteiger partial charge in [0.1, 0.15) is 5.75 Å². The van der Waals surface area contributed by atoms with Crippen molar-refractivity contribution in [1.29, 1.82) is 0 Å². The normalized spacial score (nSPS) is 11.5. The third-order valence-electron chi connectivity index (χ3n) is 6.24. The van der Waals surface area contributed by atoms with Gasteiger partial charge >= 0.3 is 5.97 Å². The zero-order valence-corrected chi connectivity index (χ0v) is 17.7. The van der Waals surface area contributed by atoms with Gasteiger partial charge in [-0.2, -0.15) is 0 Å². The molecule has 6 rings (SSSR count). The second kappa shape index (κ2) is 6.93. The quantitative estimate of drug-likeness (QED) is 0.125. The first-order chi connectivity index (χ1) is 15.6. The first-order valence-electron chi connectivity index (χ1n) is 10.7. The second-order valence-electron chi connectivity index (χ2n) is 8.27. The average molecular weight is 412 g/mol. The number of rotatable bonds is 2. The van der Waals surface area contributed by atoms with Gasteiger partial charge in [-0.3, -0.25) is 0 Å². The maximum absolute atomic E-state index is 12.6. The molecule has 0 radical (unpaired) electrons. The minimum Gasteiger partial charge on any atom is -0.422 e. The van der Waals surface area contributed by atoms with Crippen molar-refractivity contribution in [2.45, 2.75) is 6.92 Å². The molecule has 32 heavy (non-hydrogen) atoms. The number of hydrogen-bond acceptors (Lipinski definition) is 2. The van der Waals surface area contributed by atoms with Gasteiger partial charge in [-0.15, -0.1) is 0 Å². The molecule has 152 valence electrons. The molecule has 0 N–H and O–H groups in total. The number of carbonyl (C=O) groups excluding carboxylic acids is 1. The SMILES string of the molecule is C=C(C)C(=O)Oc1cc2ccccc2c2ccc3c4ccccc4c4ccccc4c3c12. The predicted octanol–water partition coefficient (Wildman–Crippen LogP) is 7.93. The van der Waals surface area contributed by atoms with E-state index in [9.17, 15) is 4.79 Å². The Hall–Kier alpha value is -4.17. The van der Waals surface area contributed by atoms with Gasteiger partial charge in [0, 0.05) is 16.3 Å². The fraction of sp³-hybridized carbons (Fsp3) is 0.0333. The maximum atomic E-state index is 12.6. The number of ether oxygens (including phenoxy) is 1. The Bertz CT molecular complexity index is 1710. The number of carbonyl (C=O) groups is 1. The molecular weight excluding hydrogens is 392 g/mol. The average Bonchev–Trinajstić information content (AvgIpc) is 2.83.